The largest absolute Gasteiger partial charge is 0.374 e. The van der Waals surface area contributed by atoms with Gasteiger partial charge in [0.2, 0.25) is 5.91 Å². The molecule has 1 amide bonds. The molecule has 7 heteroatoms. The van der Waals surface area contributed by atoms with Crippen LogP contribution in [0.5, 0.6) is 0 Å². The van der Waals surface area contributed by atoms with Gasteiger partial charge in [-0.25, -0.2) is 0 Å². The summed E-state index contributed by atoms with van der Waals surface area (Å²) in [5.74, 6) is -0.563. The van der Waals surface area contributed by atoms with Crippen LogP contribution in [-0.2, 0) is 4.79 Å². The van der Waals surface area contributed by atoms with Crippen molar-refractivity contribution in [2.24, 2.45) is 10.8 Å². The number of azide groups is 1. The summed E-state index contributed by atoms with van der Waals surface area (Å²) >= 11 is 3.30. The number of hydrogen-bond acceptors (Lipinski definition) is 3. The van der Waals surface area contributed by atoms with Crippen molar-refractivity contribution in [1.29, 1.82) is 0 Å². The lowest BCUT2D eigenvalue weighted by atomic mass is 10.2. The highest BCUT2D eigenvalue weighted by Gasteiger charge is 2.13. The minimum Gasteiger partial charge on any atom is -0.374 e. The van der Waals surface area contributed by atoms with Crippen molar-refractivity contribution in [1.82, 2.24) is 0 Å². The zero-order valence-corrected chi connectivity index (χ0v) is 9.89. The Morgan fingerprint density at radius 2 is 2.44 bits per heavy atom. The van der Waals surface area contributed by atoms with Crippen LogP contribution in [0.4, 0.5) is 5.69 Å². The number of carbonyl (C=O) groups is 1. The summed E-state index contributed by atoms with van der Waals surface area (Å²) < 4.78 is 0.879. The fraction of sp³-hybridized carbons (Fsp3) is 0.222. The Morgan fingerprint density at radius 1 is 1.69 bits per heavy atom. The molecule has 0 aliphatic carbocycles. The highest BCUT2D eigenvalue weighted by molar-refractivity contribution is 9.10. The molecule has 3 N–H and O–H groups in total. The van der Waals surface area contributed by atoms with E-state index in [0.717, 1.165) is 10.2 Å². The van der Waals surface area contributed by atoms with Crippen LogP contribution in [-0.4, -0.2) is 18.5 Å². The van der Waals surface area contributed by atoms with Crippen molar-refractivity contribution < 1.29 is 4.79 Å². The van der Waals surface area contributed by atoms with Gasteiger partial charge in [-0.1, -0.05) is 27.1 Å². The molecule has 0 aliphatic heterocycles. The first-order valence-corrected chi connectivity index (χ1v) is 5.25. The molecular weight excluding hydrogens is 274 g/mol. The van der Waals surface area contributed by atoms with Gasteiger partial charge in [-0.05, 0) is 23.7 Å². The molecule has 1 unspecified atom stereocenters. The highest BCUT2D eigenvalue weighted by Crippen LogP contribution is 2.16. The molecule has 1 rings (SSSR count). The smallest absolute Gasteiger partial charge is 0.240 e. The van der Waals surface area contributed by atoms with Gasteiger partial charge in [0.1, 0.15) is 6.04 Å². The summed E-state index contributed by atoms with van der Waals surface area (Å²) in [6, 6.07) is 6.56. The first kappa shape index (κ1) is 12.4. The van der Waals surface area contributed by atoms with Crippen LogP contribution < -0.4 is 11.1 Å². The van der Waals surface area contributed by atoms with E-state index < -0.39 is 11.9 Å². The zero-order chi connectivity index (χ0) is 12.0. The van der Waals surface area contributed by atoms with E-state index in [1.807, 2.05) is 12.1 Å². The Balaban J connectivity index is 2.75. The first-order valence-electron chi connectivity index (χ1n) is 4.45. The zero-order valence-electron chi connectivity index (χ0n) is 8.30. The van der Waals surface area contributed by atoms with Crippen molar-refractivity contribution in [3.05, 3.63) is 39.2 Å². The molecule has 0 radical (unpaired) electrons. The van der Waals surface area contributed by atoms with Crippen LogP contribution in [0.25, 0.3) is 10.4 Å². The van der Waals surface area contributed by atoms with Crippen molar-refractivity contribution in [3.63, 3.8) is 0 Å². The molecule has 84 valence electrons. The van der Waals surface area contributed by atoms with Gasteiger partial charge in [0.05, 0.1) is 6.54 Å². The lowest BCUT2D eigenvalue weighted by Crippen LogP contribution is -2.37. The van der Waals surface area contributed by atoms with Crippen LogP contribution >= 0.6 is 15.9 Å². The number of nitrogens with one attached hydrogen (secondary N) is 1. The van der Waals surface area contributed by atoms with Gasteiger partial charge in [0, 0.05) is 15.1 Å². The molecule has 16 heavy (non-hydrogen) atoms. The number of primary amides is 1. The number of rotatable bonds is 5. The summed E-state index contributed by atoms with van der Waals surface area (Å²) in [7, 11) is 0. The Bertz CT molecular complexity index is 430. The standard InChI is InChI=1S/C9H10BrN5O/c10-6-2-1-3-7(4-6)14-8(9(11)16)5-13-15-12/h1-4,8,14H,5H2,(H2,11,16). The molecule has 0 saturated heterocycles. The van der Waals surface area contributed by atoms with E-state index in [1.165, 1.54) is 0 Å². The summed E-state index contributed by atoms with van der Waals surface area (Å²) in [4.78, 5) is 13.6. The van der Waals surface area contributed by atoms with E-state index in [0.29, 0.717) is 0 Å². The minimum atomic E-state index is -0.704. The third-order valence-corrected chi connectivity index (χ3v) is 2.33. The SMILES string of the molecule is [N-]=[N+]=NCC(Nc1cccc(Br)c1)C(N)=O. The number of hydrogen-bond donors (Lipinski definition) is 2. The average Bonchev–Trinajstić information content (AvgIpc) is 2.24. The molecule has 1 aromatic rings. The molecular formula is C9H10BrN5O. The minimum absolute atomic E-state index is 0.0155. The van der Waals surface area contributed by atoms with Gasteiger partial charge in [0.25, 0.3) is 0 Å². The monoisotopic (exact) mass is 283 g/mol. The van der Waals surface area contributed by atoms with Crippen molar-refractivity contribution in [3.8, 4) is 0 Å². The Labute approximate surface area is 101 Å². The van der Waals surface area contributed by atoms with E-state index in [2.05, 4.69) is 31.3 Å². The fourth-order valence-electron chi connectivity index (χ4n) is 1.10. The van der Waals surface area contributed by atoms with Crippen LogP contribution in [0.3, 0.4) is 0 Å². The Kier molecular flexibility index (Phi) is 4.63. The second-order valence-electron chi connectivity index (χ2n) is 3.02. The molecule has 0 fully saturated rings. The highest BCUT2D eigenvalue weighted by atomic mass is 79.9. The van der Waals surface area contributed by atoms with Crippen LogP contribution in [0, 0.1) is 0 Å². The number of benzene rings is 1. The maximum Gasteiger partial charge on any atom is 0.240 e. The molecule has 0 bridgehead atoms. The number of amides is 1. The van der Waals surface area contributed by atoms with E-state index in [9.17, 15) is 4.79 Å². The maximum absolute atomic E-state index is 11.1. The Morgan fingerprint density at radius 3 is 3.00 bits per heavy atom. The van der Waals surface area contributed by atoms with Crippen molar-refractivity contribution >= 4 is 27.5 Å². The van der Waals surface area contributed by atoms with Gasteiger partial charge in [-0.15, -0.1) is 0 Å². The quantitative estimate of drug-likeness (QED) is 0.490. The van der Waals surface area contributed by atoms with Crippen molar-refractivity contribution in [2.75, 3.05) is 11.9 Å². The molecule has 0 saturated carbocycles. The van der Waals surface area contributed by atoms with E-state index in [4.69, 9.17) is 11.3 Å². The van der Waals surface area contributed by atoms with E-state index in [1.54, 1.807) is 12.1 Å². The molecule has 0 spiro atoms. The average molecular weight is 284 g/mol. The number of anilines is 1. The summed E-state index contributed by atoms with van der Waals surface area (Å²) in [5.41, 5.74) is 14.1. The second-order valence-corrected chi connectivity index (χ2v) is 3.94. The summed E-state index contributed by atoms with van der Waals surface area (Å²) in [6.45, 7) is -0.0155. The van der Waals surface area contributed by atoms with Gasteiger partial charge >= 0.3 is 0 Å². The number of nitrogens with two attached hydrogens (primary N) is 1. The van der Waals surface area contributed by atoms with Gasteiger partial charge in [-0.2, -0.15) is 0 Å². The van der Waals surface area contributed by atoms with Crippen LogP contribution in [0.15, 0.2) is 33.9 Å². The van der Waals surface area contributed by atoms with Gasteiger partial charge < -0.3 is 11.1 Å². The van der Waals surface area contributed by atoms with Gasteiger partial charge in [0.15, 0.2) is 0 Å². The van der Waals surface area contributed by atoms with E-state index >= 15 is 0 Å². The van der Waals surface area contributed by atoms with Gasteiger partial charge in [-0.3, -0.25) is 4.79 Å². The fourth-order valence-corrected chi connectivity index (χ4v) is 1.50. The lowest BCUT2D eigenvalue weighted by Gasteiger charge is -2.14. The number of nitrogens with zero attached hydrogens (tertiary/aromatic N) is 3. The molecule has 0 aromatic heterocycles. The lowest BCUT2D eigenvalue weighted by molar-refractivity contribution is -0.118. The molecule has 6 nitrogen and oxygen atoms in total. The first-order chi connectivity index (χ1) is 7.63. The maximum atomic E-state index is 11.1. The third-order valence-electron chi connectivity index (χ3n) is 1.84. The van der Waals surface area contributed by atoms with Crippen LogP contribution in [0.1, 0.15) is 0 Å². The third kappa shape index (κ3) is 3.80. The number of carbonyl (C=O) groups excluding carboxylic acids is 1. The summed E-state index contributed by atoms with van der Waals surface area (Å²) in [6.07, 6.45) is 0. The molecule has 0 heterocycles. The molecule has 1 aromatic carbocycles. The van der Waals surface area contributed by atoms with Crippen molar-refractivity contribution in [2.45, 2.75) is 6.04 Å². The molecule has 1 atom stereocenters. The second kappa shape index (κ2) is 5.99. The number of halogens is 1. The predicted octanol–water partition coefficient (Wildman–Crippen LogP) is 2.03. The Hall–Kier alpha value is -1.72. The molecule has 0 aliphatic rings. The van der Waals surface area contributed by atoms with E-state index in [-0.39, 0.29) is 6.54 Å². The topological polar surface area (TPSA) is 104 Å². The van der Waals surface area contributed by atoms with Crippen LogP contribution in [0.2, 0.25) is 0 Å². The normalized spacial score (nSPS) is 11.3. The summed E-state index contributed by atoms with van der Waals surface area (Å²) in [5, 5.41) is 6.20. The predicted molar refractivity (Wildman–Crippen MR) is 64.8 cm³/mol.